The van der Waals surface area contributed by atoms with Crippen LogP contribution in [0.4, 0.5) is 0 Å². The quantitative estimate of drug-likeness (QED) is 0.596. The van der Waals surface area contributed by atoms with Crippen LogP contribution in [0.1, 0.15) is 43.4 Å². The molecule has 6 heteroatoms. The number of ether oxygens (including phenoxy) is 1. The molecule has 28 heavy (non-hydrogen) atoms. The molecule has 4 nitrogen and oxygen atoms in total. The summed E-state index contributed by atoms with van der Waals surface area (Å²) in [6.07, 6.45) is 2.74. The third-order valence-electron chi connectivity index (χ3n) is 6.23. The summed E-state index contributed by atoms with van der Waals surface area (Å²) >= 11 is 10.1. The second-order valence-electron chi connectivity index (χ2n) is 7.76. The summed E-state index contributed by atoms with van der Waals surface area (Å²) in [7, 11) is 0. The third-order valence-corrected chi connectivity index (χ3v) is 7.05. The van der Waals surface area contributed by atoms with Gasteiger partial charge in [-0.1, -0.05) is 52.7 Å². The van der Waals surface area contributed by atoms with Crippen LogP contribution in [0.15, 0.2) is 52.0 Å². The van der Waals surface area contributed by atoms with Crippen molar-refractivity contribution in [2.45, 2.75) is 38.0 Å². The number of rotatable bonds is 2. The number of hydrazone groups is 1. The van der Waals surface area contributed by atoms with Gasteiger partial charge in [-0.3, -0.25) is 0 Å². The molecule has 3 aliphatic heterocycles. The zero-order valence-corrected chi connectivity index (χ0v) is 18.2. The standard InChI is InChI=1S/C22H23BrClN3O/c1-2-26-11-9-22(10-12-26)27-20(17-13-15(23)7-8-21(17)28-22)14-19(25-27)16-5-3-4-6-18(16)24/h3-8,13,20H,2,9-12,14H2,1H3/t20-/m0/s1. The first kappa shape index (κ1) is 18.5. The van der Waals surface area contributed by atoms with E-state index in [1.54, 1.807) is 0 Å². The summed E-state index contributed by atoms with van der Waals surface area (Å²) in [6, 6.07) is 14.5. The number of halogens is 2. The minimum Gasteiger partial charge on any atom is -0.466 e. The van der Waals surface area contributed by atoms with Crippen molar-refractivity contribution < 1.29 is 4.74 Å². The molecular formula is C22H23BrClN3O. The molecule has 0 amide bonds. The first-order chi connectivity index (χ1) is 13.6. The Morgan fingerprint density at radius 3 is 2.75 bits per heavy atom. The average Bonchev–Trinajstić information content (AvgIpc) is 3.16. The molecule has 0 aliphatic carbocycles. The van der Waals surface area contributed by atoms with Crippen molar-refractivity contribution in [1.82, 2.24) is 9.91 Å². The number of piperidine rings is 1. The Hall–Kier alpha value is -1.56. The van der Waals surface area contributed by atoms with Crippen LogP contribution in [0.2, 0.25) is 5.02 Å². The van der Waals surface area contributed by atoms with E-state index in [0.29, 0.717) is 0 Å². The monoisotopic (exact) mass is 459 g/mol. The second-order valence-corrected chi connectivity index (χ2v) is 9.08. The summed E-state index contributed by atoms with van der Waals surface area (Å²) in [5.41, 5.74) is 2.89. The summed E-state index contributed by atoms with van der Waals surface area (Å²) in [4.78, 5) is 2.48. The number of benzene rings is 2. The van der Waals surface area contributed by atoms with Crippen LogP contribution in [0.3, 0.4) is 0 Å². The van der Waals surface area contributed by atoms with E-state index in [1.807, 2.05) is 18.2 Å². The Labute approximate surface area is 179 Å². The van der Waals surface area contributed by atoms with E-state index >= 15 is 0 Å². The molecule has 5 rings (SSSR count). The number of likely N-dealkylation sites (tertiary alicyclic amines) is 1. The fourth-order valence-corrected chi connectivity index (χ4v) is 5.28. The van der Waals surface area contributed by atoms with Crippen LogP contribution in [0, 0.1) is 0 Å². The molecule has 1 atom stereocenters. The highest BCUT2D eigenvalue weighted by atomic mass is 79.9. The van der Waals surface area contributed by atoms with E-state index in [0.717, 1.165) is 65.4 Å². The van der Waals surface area contributed by atoms with E-state index in [2.05, 4.69) is 57.0 Å². The Kier molecular flexibility index (Phi) is 4.65. The molecule has 146 valence electrons. The van der Waals surface area contributed by atoms with E-state index < -0.39 is 0 Å². The zero-order valence-electron chi connectivity index (χ0n) is 15.9. The molecule has 0 saturated carbocycles. The Bertz CT molecular complexity index is 939. The predicted molar refractivity (Wildman–Crippen MR) is 116 cm³/mol. The zero-order chi connectivity index (χ0) is 19.3. The highest BCUT2D eigenvalue weighted by Crippen LogP contribution is 2.50. The maximum absolute atomic E-state index is 6.67. The Morgan fingerprint density at radius 2 is 2.00 bits per heavy atom. The lowest BCUT2D eigenvalue weighted by molar-refractivity contribution is -0.149. The van der Waals surface area contributed by atoms with Gasteiger partial charge in [-0.15, -0.1) is 0 Å². The lowest BCUT2D eigenvalue weighted by atomic mass is 9.90. The smallest absolute Gasteiger partial charge is 0.200 e. The Balaban J connectivity index is 1.58. The van der Waals surface area contributed by atoms with Crippen LogP contribution in [0.5, 0.6) is 5.75 Å². The maximum atomic E-state index is 6.67. The van der Waals surface area contributed by atoms with E-state index in [-0.39, 0.29) is 11.8 Å². The molecule has 3 aliphatic rings. The fraction of sp³-hybridized carbons (Fsp3) is 0.409. The minimum absolute atomic E-state index is 0.181. The maximum Gasteiger partial charge on any atom is 0.200 e. The van der Waals surface area contributed by atoms with Gasteiger partial charge in [0, 0.05) is 53.0 Å². The van der Waals surface area contributed by atoms with Gasteiger partial charge in [-0.2, -0.15) is 5.10 Å². The van der Waals surface area contributed by atoms with E-state index in [4.69, 9.17) is 21.4 Å². The first-order valence-corrected chi connectivity index (χ1v) is 11.1. The Morgan fingerprint density at radius 1 is 1.21 bits per heavy atom. The van der Waals surface area contributed by atoms with E-state index in [9.17, 15) is 0 Å². The van der Waals surface area contributed by atoms with Gasteiger partial charge in [-0.25, -0.2) is 5.01 Å². The highest BCUT2D eigenvalue weighted by Gasteiger charge is 2.51. The third kappa shape index (κ3) is 2.95. The summed E-state index contributed by atoms with van der Waals surface area (Å²) < 4.78 is 7.74. The molecule has 1 spiro atoms. The topological polar surface area (TPSA) is 28.1 Å². The molecule has 0 unspecified atom stereocenters. The van der Waals surface area contributed by atoms with Crippen LogP contribution in [0.25, 0.3) is 0 Å². The van der Waals surface area contributed by atoms with Crippen LogP contribution < -0.4 is 4.74 Å². The molecule has 2 aromatic rings. The van der Waals surface area contributed by atoms with Crippen LogP contribution in [-0.2, 0) is 0 Å². The van der Waals surface area contributed by atoms with Gasteiger partial charge >= 0.3 is 0 Å². The lowest BCUT2D eigenvalue weighted by Gasteiger charge is -2.51. The van der Waals surface area contributed by atoms with Gasteiger partial charge in [0.1, 0.15) is 5.75 Å². The first-order valence-electron chi connectivity index (χ1n) is 9.92. The van der Waals surface area contributed by atoms with Crippen molar-refractivity contribution in [3.63, 3.8) is 0 Å². The van der Waals surface area contributed by atoms with Crippen LogP contribution in [-0.4, -0.2) is 41.0 Å². The van der Waals surface area contributed by atoms with Gasteiger partial charge in [0.2, 0.25) is 5.72 Å². The molecular weight excluding hydrogens is 438 g/mol. The van der Waals surface area contributed by atoms with E-state index in [1.165, 1.54) is 5.56 Å². The molecule has 0 bridgehead atoms. The number of hydrogen-bond acceptors (Lipinski definition) is 4. The van der Waals surface area contributed by atoms with Gasteiger partial charge in [0.05, 0.1) is 11.8 Å². The average molecular weight is 461 g/mol. The van der Waals surface area contributed by atoms with Crippen molar-refractivity contribution >= 4 is 33.2 Å². The van der Waals surface area contributed by atoms with Gasteiger partial charge in [-0.05, 0) is 30.8 Å². The largest absolute Gasteiger partial charge is 0.466 e. The molecule has 3 heterocycles. The van der Waals surface area contributed by atoms with Crippen molar-refractivity contribution in [1.29, 1.82) is 0 Å². The van der Waals surface area contributed by atoms with Crippen LogP contribution >= 0.6 is 27.5 Å². The molecule has 0 aromatic heterocycles. The van der Waals surface area contributed by atoms with Crippen molar-refractivity contribution in [2.75, 3.05) is 19.6 Å². The number of hydrogen-bond donors (Lipinski definition) is 0. The predicted octanol–water partition coefficient (Wildman–Crippen LogP) is 5.46. The number of nitrogens with zero attached hydrogens (tertiary/aromatic N) is 3. The highest BCUT2D eigenvalue weighted by molar-refractivity contribution is 9.10. The molecule has 0 N–H and O–H groups in total. The fourth-order valence-electron chi connectivity index (χ4n) is 4.66. The minimum atomic E-state index is -0.375. The van der Waals surface area contributed by atoms with Gasteiger partial charge < -0.3 is 9.64 Å². The van der Waals surface area contributed by atoms with Gasteiger partial charge in [0.15, 0.2) is 0 Å². The summed E-state index contributed by atoms with van der Waals surface area (Å²) in [6.45, 7) is 5.36. The molecule has 0 radical (unpaired) electrons. The van der Waals surface area contributed by atoms with Crippen molar-refractivity contribution in [2.24, 2.45) is 5.10 Å². The number of fused-ring (bicyclic) bond motifs is 4. The normalized spacial score (nSPS) is 23.2. The SMILES string of the molecule is CCN1CCC2(CC1)Oc1ccc(Br)cc1[C@@H]1CC(c3ccccc3Cl)=NN12. The van der Waals surface area contributed by atoms with Crippen molar-refractivity contribution in [3.05, 3.63) is 63.1 Å². The summed E-state index contributed by atoms with van der Waals surface area (Å²) in [5, 5.41) is 8.10. The lowest BCUT2D eigenvalue weighted by Crippen LogP contribution is -2.59. The summed E-state index contributed by atoms with van der Waals surface area (Å²) in [5.74, 6) is 0.991. The van der Waals surface area contributed by atoms with Crippen molar-refractivity contribution in [3.8, 4) is 5.75 Å². The molecule has 1 saturated heterocycles. The molecule has 2 aromatic carbocycles. The second kappa shape index (κ2) is 7.05. The van der Waals surface area contributed by atoms with Gasteiger partial charge in [0.25, 0.3) is 0 Å². The molecule has 1 fully saturated rings.